The molecular weight excluding hydrogens is 278 g/mol. The van der Waals surface area contributed by atoms with Gasteiger partial charge < -0.3 is 9.25 Å². The Morgan fingerprint density at radius 2 is 1.91 bits per heavy atom. The summed E-state index contributed by atoms with van der Waals surface area (Å²) in [6.45, 7) is 2.42. The minimum Gasteiger partial charge on any atom is -0.456 e. The first kappa shape index (κ1) is 14.1. The van der Waals surface area contributed by atoms with Gasteiger partial charge in [-0.3, -0.25) is 4.79 Å². The number of hydrogen-bond acceptors (Lipinski definition) is 4. The van der Waals surface area contributed by atoms with Gasteiger partial charge in [-0.1, -0.05) is 41.6 Å². The van der Waals surface area contributed by atoms with Gasteiger partial charge in [0.05, 0.1) is 11.6 Å². The van der Waals surface area contributed by atoms with Crippen molar-refractivity contribution in [2.75, 3.05) is 6.61 Å². The molecule has 0 aliphatic rings. The molecule has 0 amide bonds. The molecule has 0 aliphatic heterocycles. The van der Waals surface area contributed by atoms with Crippen LogP contribution < -0.4 is 5.43 Å². The minimum atomic E-state index is -0.0427. The van der Waals surface area contributed by atoms with Crippen LogP contribution in [0.4, 0.5) is 0 Å². The van der Waals surface area contributed by atoms with E-state index in [2.05, 4.69) is 5.16 Å². The lowest BCUT2D eigenvalue weighted by molar-refractivity contribution is 0.160. The molecule has 0 saturated heterocycles. The van der Waals surface area contributed by atoms with E-state index < -0.39 is 0 Å². The summed E-state index contributed by atoms with van der Waals surface area (Å²) in [5.74, 6) is 0.553. The normalized spacial score (nSPS) is 11.1. The van der Waals surface area contributed by atoms with Crippen LogP contribution in [0.3, 0.4) is 0 Å². The maximum Gasteiger partial charge on any atom is 0.193 e. The molecule has 0 atom stereocenters. The van der Waals surface area contributed by atoms with E-state index in [1.54, 1.807) is 18.3 Å². The summed E-state index contributed by atoms with van der Waals surface area (Å²) in [5, 5.41) is 4.41. The van der Waals surface area contributed by atoms with Crippen LogP contribution in [0.25, 0.3) is 22.3 Å². The third kappa shape index (κ3) is 2.91. The van der Waals surface area contributed by atoms with E-state index in [0.717, 1.165) is 11.1 Å². The fraction of sp³-hybridized carbons (Fsp3) is 0.111. The number of rotatable bonds is 4. The summed E-state index contributed by atoms with van der Waals surface area (Å²) in [5.41, 5.74) is 2.31. The molecule has 3 rings (SSSR count). The van der Waals surface area contributed by atoms with Crippen molar-refractivity contribution in [2.24, 2.45) is 5.16 Å². The smallest absolute Gasteiger partial charge is 0.193 e. The molecule has 0 spiro atoms. The van der Waals surface area contributed by atoms with Gasteiger partial charge in [-0.05, 0) is 24.6 Å². The van der Waals surface area contributed by atoms with Crippen molar-refractivity contribution in [3.63, 3.8) is 0 Å². The van der Waals surface area contributed by atoms with Crippen molar-refractivity contribution in [2.45, 2.75) is 6.92 Å². The monoisotopic (exact) mass is 293 g/mol. The van der Waals surface area contributed by atoms with Crippen molar-refractivity contribution in [3.05, 3.63) is 70.4 Å². The first-order valence-electron chi connectivity index (χ1n) is 7.06. The van der Waals surface area contributed by atoms with Crippen molar-refractivity contribution in [1.82, 2.24) is 0 Å². The molecule has 0 radical (unpaired) electrons. The van der Waals surface area contributed by atoms with E-state index in [-0.39, 0.29) is 5.43 Å². The largest absolute Gasteiger partial charge is 0.456 e. The molecule has 1 heterocycles. The molecule has 2 aromatic carbocycles. The summed E-state index contributed by atoms with van der Waals surface area (Å²) < 4.78 is 5.81. The number of benzene rings is 2. The van der Waals surface area contributed by atoms with Crippen LogP contribution in [-0.2, 0) is 4.84 Å². The molecule has 0 N–H and O–H groups in total. The molecule has 110 valence electrons. The maximum absolute atomic E-state index is 12.1. The van der Waals surface area contributed by atoms with Gasteiger partial charge in [0.2, 0.25) is 0 Å². The Kier molecular flexibility index (Phi) is 4.01. The fourth-order valence-electron chi connectivity index (χ4n) is 2.15. The molecule has 0 unspecified atom stereocenters. The Morgan fingerprint density at radius 1 is 1.14 bits per heavy atom. The van der Waals surface area contributed by atoms with Crippen LogP contribution in [0.1, 0.15) is 12.5 Å². The molecule has 0 fully saturated rings. The van der Waals surface area contributed by atoms with Crippen LogP contribution >= 0.6 is 0 Å². The molecular formula is C18H15NO3. The second kappa shape index (κ2) is 6.26. The topological polar surface area (TPSA) is 51.8 Å². The summed E-state index contributed by atoms with van der Waals surface area (Å²) in [6, 6.07) is 16.3. The van der Waals surface area contributed by atoms with Gasteiger partial charge in [-0.15, -0.1) is 0 Å². The highest BCUT2D eigenvalue weighted by Crippen LogP contribution is 2.22. The lowest BCUT2D eigenvalue weighted by Crippen LogP contribution is -1.99. The SMILES string of the molecule is CCO/N=C/c1ccc(-c2cc(=O)c3ccccc3o2)cc1. The van der Waals surface area contributed by atoms with Crippen LogP contribution in [0.15, 0.2) is 69.0 Å². The molecule has 4 nitrogen and oxygen atoms in total. The second-order valence-electron chi connectivity index (χ2n) is 4.75. The zero-order chi connectivity index (χ0) is 15.4. The highest BCUT2D eigenvalue weighted by atomic mass is 16.6. The summed E-state index contributed by atoms with van der Waals surface area (Å²) in [7, 11) is 0. The quantitative estimate of drug-likeness (QED) is 0.542. The Hall–Kier alpha value is -2.88. The summed E-state index contributed by atoms with van der Waals surface area (Å²) in [4.78, 5) is 17.0. The average Bonchev–Trinajstić information content (AvgIpc) is 2.56. The Labute approximate surface area is 127 Å². The Bertz CT molecular complexity index is 863. The van der Waals surface area contributed by atoms with Crippen LogP contribution in [0.2, 0.25) is 0 Å². The van der Waals surface area contributed by atoms with Gasteiger partial charge in [0.1, 0.15) is 18.0 Å². The molecule has 4 heteroatoms. The first-order chi connectivity index (χ1) is 10.8. The van der Waals surface area contributed by atoms with Crippen LogP contribution in [0, 0.1) is 0 Å². The maximum atomic E-state index is 12.1. The summed E-state index contributed by atoms with van der Waals surface area (Å²) >= 11 is 0. The standard InChI is InChI=1S/C18H15NO3/c1-2-21-19-12-13-7-9-14(10-8-13)18-11-16(20)15-5-3-4-6-17(15)22-18/h3-12H,2H2,1H3/b19-12+. The van der Waals surface area contributed by atoms with E-state index >= 15 is 0 Å². The molecule has 3 aromatic rings. The lowest BCUT2D eigenvalue weighted by Gasteiger charge is -2.03. The van der Waals surface area contributed by atoms with Gasteiger partial charge >= 0.3 is 0 Å². The molecule has 0 bridgehead atoms. The predicted molar refractivity (Wildman–Crippen MR) is 87.1 cm³/mol. The van der Waals surface area contributed by atoms with Gasteiger partial charge in [0.25, 0.3) is 0 Å². The van der Waals surface area contributed by atoms with Crippen molar-refractivity contribution < 1.29 is 9.25 Å². The first-order valence-corrected chi connectivity index (χ1v) is 7.06. The number of nitrogens with zero attached hydrogens (tertiary/aromatic N) is 1. The molecule has 0 aliphatic carbocycles. The van der Waals surface area contributed by atoms with E-state index in [1.807, 2.05) is 43.3 Å². The van der Waals surface area contributed by atoms with E-state index in [4.69, 9.17) is 9.25 Å². The zero-order valence-electron chi connectivity index (χ0n) is 12.2. The second-order valence-corrected chi connectivity index (χ2v) is 4.75. The predicted octanol–water partition coefficient (Wildman–Crippen LogP) is 3.83. The van der Waals surface area contributed by atoms with Crippen molar-refractivity contribution in [1.29, 1.82) is 0 Å². The van der Waals surface area contributed by atoms with Crippen LogP contribution in [-0.4, -0.2) is 12.8 Å². The third-order valence-corrected chi connectivity index (χ3v) is 3.24. The summed E-state index contributed by atoms with van der Waals surface area (Å²) in [6.07, 6.45) is 1.64. The minimum absolute atomic E-state index is 0.0427. The highest BCUT2D eigenvalue weighted by molar-refractivity contribution is 5.81. The number of fused-ring (bicyclic) bond motifs is 1. The number of oxime groups is 1. The highest BCUT2D eigenvalue weighted by Gasteiger charge is 2.06. The average molecular weight is 293 g/mol. The van der Waals surface area contributed by atoms with Gasteiger partial charge in [-0.2, -0.15) is 0 Å². The number of hydrogen-bond donors (Lipinski definition) is 0. The van der Waals surface area contributed by atoms with Crippen molar-refractivity contribution in [3.8, 4) is 11.3 Å². The number of para-hydroxylation sites is 1. The van der Waals surface area contributed by atoms with Crippen molar-refractivity contribution >= 4 is 17.2 Å². The molecule has 0 saturated carbocycles. The van der Waals surface area contributed by atoms with E-state index in [9.17, 15) is 4.79 Å². The van der Waals surface area contributed by atoms with Gasteiger partial charge in [0, 0.05) is 11.6 Å². The van der Waals surface area contributed by atoms with Gasteiger partial charge in [-0.25, -0.2) is 0 Å². The Morgan fingerprint density at radius 3 is 2.68 bits per heavy atom. The zero-order valence-corrected chi connectivity index (χ0v) is 12.2. The lowest BCUT2D eigenvalue weighted by atomic mass is 10.1. The molecule has 22 heavy (non-hydrogen) atoms. The van der Waals surface area contributed by atoms with Crippen LogP contribution in [0.5, 0.6) is 0 Å². The fourth-order valence-corrected chi connectivity index (χ4v) is 2.15. The third-order valence-electron chi connectivity index (χ3n) is 3.24. The van der Waals surface area contributed by atoms with E-state index in [0.29, 0.717) is 23.3 Å². The Balaban J connectivity index is 1.96. The van der Waals surface area contributed by atoms with Gasteiger partial charge in [0.15, 0.2) is 5.43 Å². The van der Waals surface area contributed by atoms with E-state index in [1.165, 1.54) is 6.07 Å². The molecule has 1 aromatic heterocycles.